The molecule has 0 aliphatic carbocycles. The van der Waals surface area contributed by atoms with Gasteiger partial charge in [-0.3, -0.25) is 4.79 Å². The molecular weight excluding hydrogens is 232 g/mol. The van der Waals surface area contributed by atoms with Gasteiger partial charge >= 0.3 is 0 Å². The SMILES string of the molecule is Cl.O=C(C1CCCS1)N1CCCNCC1. The van der Waals surface area contributed by atoms with E-state index < -0.39 is 0 Å². The van der Waals surface area contributed by atoms with Gasteiger partial charge in [0, 0.05) is 19.6 Å². The molecule has 1 amide bonds. The third-order valence-electron chi connectivity index (χ3n) is 2.86. The molecule has 0 aromatic carbocycles. The molecule has 2 fully saturated rings. The molecule has 1 N–H and O–H groups in total. The second kappa shape index (κ2) is 6.61. The molecule has 0 radical (unpaired) electrons. The van der Waals surface area contributed by atoms with Crippen LogP contribution in [0, 0.1) is 0 Å². The van der Waals surface area contributed by atoms with Gasteiger partial charge in [-0.15, -0.1) is 24.2 Å². The van der Waals surface area contributed by atoms with Crippen molar-refractivity contribution in [3.05, 3.63) is 0 Å². The Morgan fingerprint density at radius 3 is 2.87 bits per heavy atom. The van der Waals surface area contributed by atoms with E-state index in [0.29, 0.717) is 5.91 Å². The molecule has 2 heterocycles. The average molecular weight is 251 g/mol. The highest BCUT2D eigenvalue weighted by Gasteiger charge is 2.27. The largest absolute Gasteiger partial charge is 0.340 e. The molecule has 0 saturated carbocycles. The van der Waals surface area contributed by atoms with E-state index in [9.17, 15) is 4.79 Å². The first-order chi connectivity index (χ1) is 6.88. The van der Waals surface area contributed by atoms with Gasteiger partial charge in [0.2, 0.25) is 5.91 Å². The summed E-state index contributed by atoms with van der Waals surface area (Å²) >= 11 is 1.84. The fraction of sp³-hybridized carbons (Fsp3) is 0.900. The third kappa shape index (κ3) is 3.54. The summed E-state index contributed by atoms with van der Waals surface area (Å²) in [5, 5.41) is 3.59. The summed E-state index contributed by atoms with van der Waals surface area (Å²) in [7, 11) is 0. The van der Waals surface area contributed by atoms with E-state index in [1.165, 1.54) is 12.2 Å². The van der Waals surface area contributed by atoms with Gasteiger partial charge in [0.25, 0.3) is 0 Å². The van der Waals surface area contributed by atoms with Crippen LogP contribution in [0.4, 0.5) is 0 Å². The number of nitrogens with zero attached hydrogens (tertiary/aromatic N) is 1. The number of nitrogens with one attached hydrogen (secondary N) is 1. The maximum Gasteiger partial charge on any atom is 0.235 e. The molecular formula is C10H19ClN2OS. The Morgan fingerprint density at radius 2 is 2.13 bits per heavy atom. The normalized spacial score (nSPS) is 26.9. The lowest BCUT2D eigenvalue weighted by molar-refractivity contribution is -0.130. The first-order valence-corrected chi connectivity index (χ1v) is 6.54. The first kappa shape index (κ1) is 13.1. The van der Waals surface area contributed by atoms with Gasteiger partial charge in [0.05, 0.1) is 5.25 Å². The predicted octanol–water partition coefficient (Wildman–Crippen LogP) is 1.13. The summed E-state index contributed by atoms with van der Waals surface area (Å²) in [5.74, 6) is 1.55. The van der Waals surface area contributed by atoms with Crippen LogP contribution in [0.25, 0.3) is 0 Å². The van der Waals surface area contributed by atoms with Crippen LogP contribution in [0.1, 0.15) is 19.3 Å². The maximum atomic E-state index is 12.0. The van der Waals surface area contributed by atoms with Gasteiger partial charge in [-0.1, -0.05) is 0 Å². The Balaban J connectivity index is 0.00000112. The van der Waals surface area contributed by atoms with Gasteiger partial charge in [-0.25, -0.2) is 0 Å². The smallest absolute Gasteiger partial charge is 0.235 e. The summed E-state index contributed by atoms with van der Waals surface area (Å²) in [6, 6.07) is 0. The third-order valence-corrected chi connectivity index (χ3v) is 4.22. The summed E-state index contributed by atoms with van der Waals surface area (Å²) in [5.41, 5.74) is 0. The standard InChI is InChI=1S/C10H18N2OS.ClH/c13-10(9-3-1-8-14-9)12-6-2-4-11-5-7-12;/h9,11H,1-8H2;1H. The van der Waals surface area contributed by atoms with Crippen LogP contribution in [-0.2, 0) is 4.79 Å². The van der Waals surface area contributed by atoms with Crippen molar-refractivity contribution in [3.63, 3.8) is 0 Å². The van der Waals surface area contributed by atoms with Crippen molar-refractivity contribution in [1.29, 1.82) is 0 Å². The fourth-order valence-corrected chi connectivity index (χ4v) is 3.29. The second-order valence-electron chi connectivity index (χ2n) is 3.93. The molecule has 0 bridgehead atoms. The lowest BCUT2D eigenvalue weighted by Crippen LogP contribution is -2.39. The number of halogens is 1. The quantitative estimate of drug-likeness (QED) is 0.757. The van der Waals surface area contributed by atoms with E-state index in [-0.39, 0.29) is 17.7 Å². The second-order valence-corrected chi connectivity index (χ2v) is 5.24. The molecule has 1 unspecified atom stereocenters. The molecule has 88 valence electrons. The molecule has 0 spiro atoms. The predicted molar refractivity (Wildman–Crippen MR) is 66.8 cm³/mol. The zero-order chi connectivity index (χ0) is 9.80. The van der Waals surface area contributed by atoms with Crippen molar-refractivity contribution in [1.82, 2.24) is 10.2 Å². The Hall–Kier alpha value is 0.0700. The number of hydrogen-bond acceptors (Lipinski definition) is 3. The van der Waals surface area contributed by atoms with Crippen LogP contribution in [-0.4, -0.2) is 48.0 Å². The van der Waals surface area contributed by atoms with Crippen LogP contribution in [0.3, 0.4) is 0 Å². The van der Waals surface area contributed by atoms with Gasteiger partial charge in [-0.05, 0) is 31.6 Å². The Kier molecular flexibility index (Phi) is 5.79. The van der Waals surface area contributed by atoms with Gasteiger partial charge in [0.1, 0.15) is 0 Å². The molecule has 5 heteroatoms. The van der Waals surface area contributed by atoms with Crippen LogP contribution >= 0.6 is 24.2 Å². The summed E-state index contributed by atoms with van der Waals surface area (Å²) in [6.07, 6.45) is 3.41. The van der Waals surface area contributed by atoms with Crippen molar-refractivity contribution in [2.24, 2.45) is 0 Å². The molecule has 2 aliphatic heterocycles. The van der Waals surface area contributed by atoms with Crippen molar-refractivity contribution in [3.8, 4) is 0 Å². The van der Waals surface area contributed by atoms with E-state index in [0.717, 1.165) is 39.0 Å². The Morgan fingerprint density at radius 1 is 1.27 bits per heavy atom. The van der Waals surface area contributed by atoms with Crippen LogP contribution in [0.15, 0.2) is 0 Å². The molecule has 0 aromatic heterocycles. The molecule has 1 atom stereocenters. The van der Waals surface area contributed by atoms with Crippen molar-refractivity contribution < 1.29 is 4.79 Å². The molecule has 15 heavy (non-hydrogen) atoms. The lowest BCUT2D eigenvalue weighted by atomic mass is 10.2. The number of rotatable bonds is 1. The minimum absolute atomic E-state index is 0. The topological polar surface area (TPSA) is 32.3 Å². The first-order valence-electron chi connectivity index (χ1n) is 5.49. The molecule has 3 nitrogen and oxygen atoms in total. The zero-order valence-corrected chi connectivity index (χ0v) is 10.5. The number of carbonyl (C=O) groups is 1. The van der Waals surface area contributed by atoms with Crippen molar-refractivity contribution >= 4 is 30.1 Å². The average Bonchev–Trinajstić information content (AvgIpc) is 2.59. The van der Waals surface area contributed by atoms with Crippen LogP contribution in [0.2, 0.25) is 0 Å². The van der Waals surface area contributed by atoms with Crippen LogP contribution in [0.5, 0.6) is 0 Å². The molecule has 2 saturated heterocycles. The number of amides is 1. The highest BCUT2D eigenvalue weighted by atomic mass is 35.5. The number of carbonyl (C=O) groups excluding carboxylic acids is 1. The summed E-state index contributed by atoms with van der Waals surface area (Å²) < 4.78 is 0. The molecule has 0 aromatic rings. The maximum absolute atomic E-state index is 12.0. The van der Waals surface area contributed by atoms with E-state index in [1.807, 2.05) is 16.7 Å². The molecule has 2 rings (SSSR count). The summed E-state index contributed by atoms with van der Waals surface area (Å²) in [4.78, 5) is 14.1. The van der Waals surface area contributed by atoms with E-state index in [1.54, 1.807) is 0 Å². The lowest BCUT2D eigenvalue weighted by Gasteiger charge is -2.22. The zero-order valence-electron chi connectivity index (χ0n) is 8.91. The minimum Gasteiger partial charge on any atom is -0.340 e. The van der Waals surface area contributed by atoms with Gasteiger partial charge < -0.3 is 10.2 Å². The number of hydrogen-bond donors (Lipinski definition) is 1. The number of thioether (sulfide) groups is 1. The van der Waals surface area contributed by atoms with E-state index in [2.05, 4.69) is 5.32 Å². The van der Waals surface area contributed by atoms with Crippen LogP contribution < -0.4 is 5.32 Å². The molecule has 2 aliphatic rings. The fourth-order valence-electron chi connectivity index (χ4n) is 2.04. The highest BCUT2D eigenvalue weighted by Crippen LogP contribution is 2.27. The van der Waals surface area contributed by atoms with E-state index >= 15 is 0 Å². The van der Waals surface area contributed by atoms with E-state index in [4.69, 9.17) is 0 Å². The van der Waals surface area contributed by atoms with Gasteiger partial charge in [-0.2, -0.15) is 0 Å². The van der Waals surface area contributed by atoms with Gasteiger partial charge in [0.15, 0.2) is 0 Å². The minimum atomic E-state index is 0. The summed E-state index contributed by atoms with van der Waals surface area (Å²) in [6.45, 7) is 3.86. The Labute approximate surface area is 102 Å². The monoisotopic (exact) mass is 250 g/mol. The Bertz CT molecular complexity index is 202. The highest BCUT2D eigenvalue weighted by molar-refractivity contribution is 8.00. The van der Waals surface area contributed by atoms with Crippen molar-refractivity contribution in [2.75, 3.05) is 31.9 Å². The van der Waals surface area contributed by atoms with Crippen molar-refractivity contribution in [2.45, 2.75) is 24.5 Å².